The molecule has 0 saturated carbocycles. The molecule has 1 aliphatic rings. The molecule has 1 fully saturated rings. The number of hydrogen-bond acceptors (Lipinski definition) is 3. The Balaban J connectivity index is 1.96. The van der Waals surface area contributed by atoms with Crippen LogP contribution >= 0.6 is 23.2 Å². The molecule has 2 N–H and O–H groups in total. The van der Waals surface area contributed by atoms with Crippen LogP contribution in [0, 0.1) is 0 Å². The Morgan fingerprint density at radius 1 is 1.33 bits per heavy atom. The summed E-state index contributed by atoms with van der Waals surface area (Å²) in [6.45, 7) is 0.517. The summed E-state index contributed by atoms with van der Waals surface area (Å²) in [4.78, 5) is 0. The van der Waals surface area contributed by atoms with Crippen LogP contribution in [0.25, 0.3) is 0 Å². The summed E-state index contributed by atoms with van der Waals surface area (Å²) >= 11 is 11.8. The van der Waals surface area contributed by atoms with Crippen LogP contribution in [0.5, 0.6) is 5.75 Å². The van der Waals surface area contributed by atoms with E-state index in [0.717, 1.165) is 24.3 Å². The van der Waals surface area contributed by atoms with Gasteiger partial charge in [0.05, 0.1) is 5.02 Å². The Labute approximate surface area is 119 Å². The zero-order valence-corrected chi connectivity index (χ0v) is 12.1. The lowest BCUT2D eigenvalue weighted by Crippen LogP contribution is -2.35. The number of halogens is 2. The maximum atomic E-state index is 11.2. The molecule has 3 nitrogen and oxygen atoms in total. The standard InChI is InChI=1S/C12H15Cl2NO2S/c13-9-5-8(12(16)11(14)6-9)7-15-10-1-3-18(17)4-2-10/h5-6,10,15-16H,1-4,7H2. The van der Waals surface area contributed by atoms with Crippen molar-refractivity contribution in [2.45, 2.75) is 25.4 Å². The van der Waals surface area contributed by atoms with Crippen molar-refractivity contribution in [3.63, 3.8) is 0 Å². The highest BCUT2D eigenvalue weighted by molar-refractivity contribution is 7.85. The van der Waals surface area contributed by atoms with Crippen molar-refractivity contribution in [1.29, 1.82) is 0 Å². The molecule has 0 spiro atoms. The molecule has 2 rings (SSSR count). The third-order valence-electron chi connectivity index (χ3n) is 3.08. The van der Waals surface area contributed by atoms with E-state index in [9.17, 15) is 9.32 Å². The van der Waals surface area contributed by atoms with Crippen molar-refractivity contribution in [3.05, 3.63) is 27.7 Å². The zero-order valence-electron chi connectivity index (χ0n) is 9.79. The Morgan fingerprint density at radius 2 is 2.00 bits per heavy atom. The third-order valence-corrected chi connectivity index (χ3v) is 4.96. The van der Waals surface area contributed by atoms with Crippen molar-refractivity contribution >= 4 is 34.0 Å². The van der Waals surface area contributed by atoms with E-state index >= 15 is 0 Å². The Hall–Kier alpha value is -0.290. The molecule has 0 bridgehead atoms. The highest BCUT2D eigenvalue weighted by Crippen LogP contribution is 2.31. The van der Waals surface area contributed by atoms with Gasteiger partial charge < -0.3 is 10.4 Å². The highest BCUT2D eigenvalue weighted by Gasteiger charge is 2.18. The van der Waals surface area contributed by atoms with Crippen LogP contribution in [0.15, 0.2) is 12.1 Å². The molecule has 0 unspecified atom stereocenters. The summed E-state index contributed by atoms with van der Waals surface area (Å²) in [7, 11) is -0.652. The summed E-state index contributed by atoms with van der Waals surface area (Å²) in [6, 6.07) is 3.57. The number of nitrogens with one attached hydrogen (secondary N) is 1. The van der Waals surface area contributed by atoms with E-state index in [-0.39, 0.29) is 10.8 Å². The van der Waals surface area contributed by atoms with Gasteiger partial charge in [0, 0.05) is 45.5 Å². The van der Waals surface area contributed by atoms with Gasteiger partial charge in [-0.2, -0.15) is 0 Å². The highest BCUT2D eigenvalue weighted by atomic mass is 35.5. The monoisotopic (exact) mass is 307 g/mol. The topological polar surface area (TPSA) is 49.3 Å². The maximum Gasteiger partial charge on any atom is 0.138 e. The van der Waals surface area contributed by atoms with Gasteiger partial charge in [-0.15, -0.1) is 0 Å². The van der Waals surface area contributed by atoms with E-state index in [0.29, 0.717) is 23.2 Å². The molecule has 0 atom stereocenters. The van der Waals surface area contributed by atoms with Crippen molar-refractivity contribution in [2.75, 3.05) is 11.5 Å². The number of benzene rings is 1. The van der Waals surface area contributed by atoms with Crippen LogP contribution in [0.2, 0.25) is 10.0 Å². The van der Waals surface area contributed by atoms with Gasteiger partial charge in [-0.1, -0.05) is 23.2 Å². The van der Waals surface area contributed by atoms with Gasteiger partial charge in [-0.25, -0.2) is 0 Å². The molecule has 1 heterocycles. The summed E-state index contributed by atoms with van der Waals surface area (Å²) < 4.78 is 11.2. The van der Waals surface area contributed by atoms with Crippen LogP contribution in [0.1, 0.15) is 18.4 Å². The van der Waals surface area contributed by atoms with Gasteiger partial charge >= 0.3 is 0 Å². The summed E-state index contributed by atoms with van der Waals surface area (Å²) in [5, 5.41) is 13.9. The second kappa shape index (κ2) is 6.24. The van der Waals surface area contributed by atoms with E-state index in [1.807, 2.05) is 0 Å². The molecular formula is C12H15Cl2NO2S. The van der Waals surface area contributed by atoms with Crippen LogP contribution in [-0.2, 0) is 17.3 Å². The molecule has 0 radical (unpaired) electrons. The summed E-state index contributed by atoms with van der Waals surface area (Å²) in [6.07, 6.45) is 1.81. The molecule has 18 heavy (non-hydrogen) atoms. The zero-order chi connectivity index (χ0) is 13.1. The van der Waals surface area contributed by atoms with Crippen molar-refractivity contribution in [2.24, 2.45) is 0 Å². The summed E-state index contributed by atoms with van der Waals surface area (Å²) in [5.41, 5.74) is 0.694. The Kier molecular flexibility index (Phi) is 4.90. The number of aromatic hydroxyl groups is 1. The molecule has 0 aliphatic carbocycles. The van der Waals surface area contributed by atoms with Crippen LogP contribution in [0.4, 0.5) is 0 Å². The second-order valence-corrected chi connectivity index (χ2v) is 6.94. The minimum absolute atomic E-state index is 0.0768. The smallest absolute Gasteiger partial charge is 0.138 e. The SMILES string of the molecule is O=S1CCC(NCc2cc(Cl)cc(Cl)c2O)CC1. The van der Waals surface area contributed by atoms with E-state index in [1.54, 1.807) is 6.07 Å². The largest absolute Gasteiger partial charge is 0.506 e. The molecule has 1 aliphatic heterocycles. The summed E-state index contributed by atoms with van der Waals surface area (Å²) in [5.74, 6) is 1.58. The Bertz CT molecular complexity index is 458. The lowest BCUT2D eigenvalue weighted by molar-refractivity contribution is 0.445. The maximum absolute atomic E-state index is 11.2. The lowest BCUT2D eigenvalue weighted by Gasteiger charge is -2.23. The first-order valence-electron chi connectivity index (χ1n) is 5.81. The molecular weight excluding hydrogens is 293 g/mol. The average molecular weight is 308 g/mol. The number of phenols is 1. The van der Waals surface area contributed by atoms with Gasteiger partial charge in [-0.05, 0) is 25.0 Å². The quantitative estimate of drug-likeness (QED) is 0.902. The van der Waals surface area contributed by atoms with Crippen LogP contribution < -0.4 is 5.32 Å². The molecule has 100 valence electrons. The van der Waals surface area contributed by atoms with Crippen LogP contribution in [0.3, 0.4) is 0 Å². The lowest BCUT2D eigenvalue weighted by atomic mass is 10.1. The van der Waals surface area contributed by atoms with Gasteiger partial charge in [0.15, 0.2) is 0 Å². The van der Waals surface area contributed by atoms with E-state index in [4.69, 9.17) is 23.2 Å². The van der Waals surface area contributed by atoms with Crippen molar-refractivity contribution in [3.8, 4) is 5.75 Å². The molecule has 0 amide bonds. The first-order valence-corrected chi connectivity index (χ1v) is 8.06. The third kappa shape index (κ3) is 3.60. The predicted octanol–water partition coefficient (Wildman–Crippen LogP) is 2.70. The normalized spacial score (nSPS) is 24.1. The first kappa shape index (κ1) is 14.1. The fraction of sp³-hybridized carbons (Fsp3) is 0.500. The molecule has 1 aromatic carbocycles. The number of rotatable bonds is 3. The van der Waals surface area contributed by atoms with Gasteiger partial charge in [0.25, 0.3) is 0 Å². The minimum atomic E-state index is -0.652. The first-order chi connectivity index (χ1) is 8.56. The molecule has 1 aromatic rings. The molecule has 6 heteroatoms. The molecule has 0 aromatic heterocycles. The van der Waals surface area contributed by atoms with Gasteiger partial charge in [0.1, 0.15) is 5.75 Å². The fourth-order valence-electron chi connectivity index (χ4n) is 2.01. The minimum Gasteiger partial charge on any atom is -0.506 e. The Morgan fingerprint density at radius 3 is 2.67 bits per heavy atom. The van der Waals surface area contributed by atoms with Gasteiger partial charge in [0.2, 0.25) is 0 Å². The molecule has 1 saturated heterocycles. The van der Waals surface area contributed by atoms with Gasteiger partial charge in [-0.3, -0.25) is 4.21 Å². The van der Waals surface area contributed by atoms with Crippen LogP contribution in [-0.4, -0.2) is 26.9 Å². The van der Waals surface area contributed by atoms with Crippen molar-refractivity contribution in [1.82, 2.24) is 5.32 Å². The predicted molar refractivity (Wildman–Crippen MR) is 75.9 cm³/mol. The van der Waals surface area contributed by atoms with E-state index in [2.05, 4.69) is 5.32 Å². The number of phenolic OH excluding ortho intramolecular Hbond substituents is 1. The number of hydrogen-bond donors (Lipinski definition) is 2. The fourth-order valence-corrected chi connectivity index (χ4v) is 3.84. The van der Waals surface area contributed by atoms with E-state index < -0.39 is 10.8 Å². The average Bonchev–Trinajstić information content (AvgIpc) is 2.34. The second-order valence-electron chi connectivity index (χ2n) is 4.40. The van der Waals surface area contributed by atoms with E-state index in [1.165, 1.54) is 6.07 Å². The van der Waals surface area contributed by atoms with Crippen molar-refractivity contribution < 1.29 is 9.32 Å².